The molecule has 144 valence electrons. The first-order valence-electron chi connectivity index (χ1n) is 8.91. The molecule has 0 spiro atoms. The Balaban J connectivity index is 1.48. The van der Waals surface area contributed by atoms with Crippen LogP contribution in [0.4, 0.5) is 5.13 Å². The van der Waals surface area contributed by atoms with Gasteiger partial charge in [-0.3, -0.25) is 14.6 Å². The molecule has 1 amide bonds. The van der Waals surface area contributed by atoms with Crippen LogP contribution in [0.3, 0.4) is 0 Å². The fourth-order valence-electron chi connectivity index (χ4n) is 3.39. The molecule has 2 saturated heterocycles. The van der Waals surface area contributed by atoms with Crippen molar-refractivity contribution in [3.8, 4) is 5.75 Å². The number of hydrogen-bond donors (Lipinski definition) is 0. The van der Waals surface area contributed by atoms with Crippen molar-refractivity contribution in [1.29, 1.82) is 0 Å². The lowest BCUT2D eigenvalue weighted by Crippen LogP contribution is -2.56. The second kappa shape index (κ2) is 7.71. The molecule has 1 aromatic heterocycles. The summed E-state index contributed by atoms with van der Waals surface area (Å²) in [7, 11) is 3.76. The number of benzene rings is 1. The summed E-state index contributed by atoms with van der Waals surface area (Å²) < 4.78 is 5.20. The summed E-state index contributed by atoms with van der Waals surface area (Å²) in [6.45, 7) is 4.93. The quantitative estimate of drug-likeness (QED) is 0.558. The number of carbonyl (C=O) groups excluding carboxylic acids is 1. The Bertz CT molecular complexity index is 806. The predicted octanol–water partition coefficient (Wildman–Crippen LogP) is 1.99. The number of alkyl halides is 1. The van der Waals surface area contributed by atoms with Crippen molar-refractivity contribution in [3.63, 3.8) is 0 Å². The van der Waals surface area contributed by atoms with Crippen molar-refractivity contribution in [2.24, 2.45) is 0 Å². The lowest BCUT2D eigenvalue weighted by Gasteiger charge is -2.42. The second-order valence-electron chi connectivity index (χ2n) is 6.89. The van der Waals surface area contributed by atoms with E-state index in [-0.39, 0.29) is 11.9 Å². The summed E-state index contributed by atoms with van der Waals surface area (Å²) in [6, 6.07) is 7.39. The molecule has 3 heterocycles. The van der Waals surface area contributed by atoms with Crippen molar-refractivity contribution in [2.75, 3.05) is 45.2 Å². The topological polar surface area (TPSA) is 61.8 Å². The molecular weight excluding hydrogens is 386 g/mol. The van der Waals surface area contributed by atoms with E-state index in [0.29, 0.717) is 5.13 Å². The monoisotopic (exact) mass is 407 g/mol. The van der Waals surface area contributed by atoms with Crippen LogP contribution in [0.5, 0.6) is 5.75 Å². The molecule has 2 fully saturated rings. The number of halogens is 1. The average Bonchev–Trinajstić information content (AvgIpc) is 3.14. The smallest absolute Gasteiger partial charge is 0.250 e. The first kappa shape index (κ1) is 18.6. The zero-order valence-electron chi connectivity index (χ0n) is 15.3. The standard InChI is InChI=1S/C18H22ClN5O2S/c1-22-7-9-23(10-8-22)11-14-20-21-18(27-14)24-16(15(19)17(24)25)12-3-5-13(26-2)6-4-12/h3-6,15-16H,7-11H2,1-2H3. The lowest BCUT2D eigenvalue weighted by atomic mass is 9.94. The molecule has 27 heavy (non-hydrogen) atoms. The molecule has 0 N–H and O–H groups in total. The third kappa shape index (κ3) is 3.67. The number of likely N-dealkylation sites (N-methyl/N-ethyl adjacent to an activating group) is 1. The van der Waals surface area contributed by atoms with Gasteiger partial charge in [-0.1, -0.05) is 23.5 Å². The molecule has 2 unspecified atom stereocenters. The zero-order valence-corrected chi connectivity index (χ0v) is 16.9. The van der Waals surface area contributed by atoms with E-state index in [1.54, 1.807) is 12.0 Å². The number of β-lactam (4-membered cyclic amide) rings is 1. The normalized spacial score (nSPS) is 24.1. The van der Waals surface area contributed by atoms with Crippen molar-refractivity contribution < 1.29 is 9.53 Å². The minimum atomic E-state index is -0.580. The fourth-order valence-corrected chi connectivity index (χ4v) is 4.68. The number of amides is 1. The maximum atomic E-state index is 12.4. The molecule has 2 aliphatic rings. The number of carbonyl (C=O) groups is 1. The van der Waals surface area contributed by atoms with Crippen molar-refractivity contribution in [3.05, 3.63) is 34.8 Å². The Morgan fingerprint density at radius 2 is 1.89 bits per heavy atom. The van der Waals surface area contributed by atoms with Crippen LogP contribution in [0.1, 0.15) is 16.6 Å². The van der Waals surface area contributed by atoms with E-state index < -0.39 is 5.38 Å². The number of hydrogen-bond acceptors (Lipinski definition) is 7. The van der Waals surface area contributed by atoms with Crippen LogP contribution >= 0.6 is 22.9 Å². The van der Waals surface area contributed by atoms with Crippen molar-refractivity contribution in [2.45, 2.75) is 18.0 Å². The number of methoxy groups -OCH3 is 1. The third-order valence-corrected chi connectivity index (χ3v) is 6.44. The molecule has 0 radical (unpaired) electrons. The van der Waals surface area contributed by atoms with Gasteiger partial charge in [0, 0.05) is 26.2 Å². The Hall–Kier alpha value is -1.74. The largest absolute Gasteiger partial charge is 0.497 e. The van der Waals surface area contributed by atoms with Gasteiger partial charge in [0.2, 0.25) is 11.0 Å². The molecule has 2 aliphatic heterocycles. The number of piperazine rings is 1. The number of aromatic nitrogens is 2. The highest BCUT2D eigenvalue weighted by Gasteiger charge is 2.49. The number of nitrogens with zero attached hydrogens (tertiary/aromatic N) is 5. The average molecular weight is 408 g/mol. The fraction of sp³-hybridized carbons (Fsp3) is 0.500. The minimum Gasteiger partial charge on any atom is -0.497 e. The van der Waals surface area contributed by atoms with Crippen LogP contribution in [0.2, 0.25) is 0 Å². The highest BCUT2D eigenvalue weighted by Crippen LogP contribution is 2.43. The summed E-state index contributed by atoms with van der Waals surface area (Å²) in [5, 5.41) is 9.53. The van der Waals surface area contributed by atoms with Gasteiger partial charge in [-0.15, -0.1) is 21.8 Å². The summed E-state index contributed by atoms with van der Waals surface area (Å²) in [5.74, 6) is 0.646. The first-order chi connectivity index (χ1) is 13.1. The van der Waals surface area contributed by atoms with Crippen LogP contribution in [0.15, 0.2) is 24.3 Å². The maximum Gasteiger partial charge on any atom is 0.250 e. The lowest BCUT2D eigenvalue weighted by molar-refractivity contribution is -0.123. The van der Waals surface area contributed by atoms with E-state index in [4.69, 9.17) is 16.3 Å². The molecule has 0 bridgehead atoms. The van der Waals surface area contributed by atoms with Gasteiger partial charge in [-0.25, -0.2) is 0 Å². The predicted molar refractivity (Wildman–Crippen MR) is 106 cm³/mol. The van der Waals surface area contributed by atoms with Crippen LogP contribution in [-0.4, -0.2) is 71.6 Å². The van der Waals surface area contributed by atoms with E-state index in [1.165, 1.54) is 11.3 Å². The molecule has 7 nitrogen and oxygen atoms in total. The molecule has 2 atom stereocenters. The molecule has 0 aliphatic carbocycles. The molecule has 0 saturated carbocycles. The Labute approximate surface area is 167 Å². The van der Waals surface area contributed by atoms with E-state index >= 15 is 0 Å². The SMILES string of the molecule is COc1ccc(C2C(Cl)C(=O)N2c2nnc(CN3CCN(C)CC3)s2)cc1. The molecule has 1 aromatic carbocycles. The molecular formula is C18H22ClN5O2S. The van der Waals surface area contributed by atoms with E-state index in [0.717, 1.165) is 49.0 Å². The molecule has 9 heteroatoms. The van der Waals surface area contributed by atoms with Gasteiger partial charge < -0.3 is 9.64 Å². The second-order valence-corrected chi connectivity index (χ2v) is 8.40. The van der Waals surface area contributed by atoms with Crippen molar-refractivity contribution in [1.82, 2.24) is 20.0 Å². The molecule has 2 aromatic rings. The summed E-state index contributed by atoms with van der Waals surface area (Å²) in [6.07, 6.45) is 0. The van der Waals surface area contributed by atoms with Gasteiger partial charge in [0.25, 0.3) is 0 Å². The number of anilines is 1. The van der Waals surface area contributed by atoms with Crippen LogP contribution in [0.25, 0.3) is 0 Å². The Kier molecular flexibility index (Phi) is 5.32. The highest BCUT2D eigenvalue weighted by molar-refractivity contribution is 7.15. The number of ether oxygens (including phenoxy) is 1. The van der Waals surface area contributed by atoms with Crippen LogP contribution in [-0.2, 0) is 11.3 Å². The molecule has 4 rings (SSSR count). The third-order valence-electron chi connectivity index (χ3n) is 5.10. The van der Waals surface area contributed by atoms with Gasteiger partial charge in [0.15, 0.2) is 0 Å². The maximum absolute atomic E-state index is 12.4. The van der Waals surface area contributed by atoms with Gasteiger partial charge in [-0.2, -0.15) is 0 Å². The Morgan fingerprint density at radius 3 is 2.56 bits per heavy atom. The van der Waals surface area contributed by atoms with Crippen molar-refractivity contribution >= 4 is 34.0 Å². The summed E-state index contributed by atoms with van der Waals surface area (Å²) in [4.78, 5) is 18.7. The summed E-state index contributed by atoms with van der Waals surface area (Å²) in [5.41, 5.74) is 0.964. The van der Waals surface area contributed by atoms with Crippen LogP contribution in [0, 0.1) is 0 Å². The zero-order chi connectivity index (χ0) is 19.0. The van der Waals surface area contributed by atoms with E-state index in [9.17, 15) is 4.79 Å². The summed E-state index contributed by atoms with van der Waals surface area (Å²) >= 11 is 7.78. The number of rotatable bonds is 5. The first-order valence-corrected chi connectivity index (χ1v) is 10.2. The highest BCUT2D eigenvalue weighted by atomic mass is 35.5. The van der Waals surface area contributed by atoms with Crippen LogP contribution < -0.4 is 9.64 Å². The van der Waals surface area contributed by atoms with Gasteiger partial charge in [0.05, 0.1) is 19.7 Å². The Morgan fingerprint density at radius 1 is 1.19 bits per heavy atom. The van der Waals surface area contributed by atoms with Gasteiger partial charge in [-0.05, 0) is 24.7 Å². The van der Waals surface area contributed by atoms with E-state index in [2.05, 4.69) is 27.0 Å². The minimum absolute atomic E-state index is 0.125. The van der Waals surface area contributed by atoms with Gasteiger partial charge in [0.1, 0.15) is 16.1 Å². The van der Waals surface area contributed by atoms with Gasteiger partial charge >= 0.3 is 0 Å². The van der Waals surface area contributed by atoms with E-state index in [1.807, 2.05) is 24.3 Å².